The maximum absolute atomic E-state index is 14.0. The molecule has 0 bridgehead atoms. The number of alkyl halides is 3. The number of unbranched alkanes of at least 4 members (excludes halogenated alkanes) is 1. The average molecular weight is 716 g/mol. The van der Waals surface area contributed by atoms with Crippen LogP contribution in [0.1, 0.15) is 36.9 Å². The molecule has 270 valence electrons. The van der Waals surface area contributed by atoms with Gasteiger partial charge in [-0.2, -0.15) is 13.2 Å². The van der Waals surface area contributed by atoms with Gasteiger partial charge in [-0.15, -0.1) is 0 Å². The molecule has 6 rings (SSSR count). The molecule has 3 amide bonds. The second-order valence-electron chi connectivity index (χ2n) is 14.2. The van der Waals surface area contributed by atoms with Crippen molar-refractivity contribution in [1.82, 2.24) is 19.7 Å². The van der Waals surface area contributed by atoms with Gasteiger partial charge in [-0.1, -0.05) is 30.7 Å². The molecular formula is C36H45ClF3N7O3. The van der Waals surface area contributed by atoms with Crippen molar-refractivity contribution in [2.24, 2.45) is 11.8 Å². The zero-order chi connectivity index (χ0) is 35.9. The van der Waals surface area contributed by atoms with E-state index in [1.807, 2.05) is 4.90 Å². The SMILES string of the molecule is C=C(CN1CCN(C)CC1)C(=O)N1CC(CCCCN2C[C@H]3CC(=O)N(c4cc(C(F)(F)F)cc(C)n4)[C@@H]3C(=O)N(C)c3cccc(Cl)c32)C1. The highest BCUT2D eigenvalue weighted by Gasteiger charge is 2.49. The number of fused-ring (bicyclic) bond motifs is 2. The van der Waals surface area contributed by atoms with Gasteiger partial charge in [0.1, 0.15) is 11.9 Å². The van der Waals surface area contributed by atoms with E-state index in [2.05, 4.69) is 33.3 Å². The van der Waals surface area contributed by atoms with Crippen molar-refractivity contribution in [3.05, 3.63) is 58.8 Å². The lowest BCUT2D eigenvalue weighted by molar-refractivity contribution is -0.137. The molecule has 4 aliphatic heterocycles. The predicted octanol–water partition coefficient (Wildman–Crippen LogP) is 4.70. The van der Waals surface area contributed by atoms with Crippen LogP contribution in [0.2, 0.25) is 5.02 Å². The summed E-state index contributed by atoms with van der Waals surface area (Å²) in [6, 6.07) is 6.06. The number of benzene rings is 1. The molecule has 2 aromatic rings. The molecular weight excluding hydrogens is 671 g/mol. The van der Waals surface area contributed by atoms with Crippen LogP contribution >= 0.6 is 11.6 Å². The first-order valence-electron chi connectivity index (χ1n) is 17.3. The van der Waals surface area contributed by atoms with E-state index in [0.717, 1.165) is 75.6 Å². The number of piperazine rings is 1. The van der Waals surface area contributed by atoms with Crippen molar-refractivity contribution >= 4 is 46.5 Å². The van der Waals surface area contributed by atoms with Crippen molar-refractivity contribution in [1.29, 1.82) is 0 Å². The second-order valence-corrected chi connectivity index (χ2v) is 14.6. The van der Waals surface area contributed by atoms with Crippen LogP contribution in [0.15, 0.2) is 42.5 Å². The Kier molecular flexibility index (Phi) is 10.5. The molecule has 3 fully saturated rings. The summed E-state index contributed by atoms with van der Waals surface area (Å²) in [5.74, 6) is -1.07. The normalized spacial score (nSPS) is 22.3. The van der Waals surface area contributed by atoms with Gasteiger partial charge in [-0.05, 0) is 57.0 Å². The molecule has 50 heavy (non-hydrogen) atoms. The van der Waals surface area contributed by atoms with Crippen LogP contribution in [0.25, 0.3) is 0 Å². The van der Waals surface area contributed by atoms with E-state index in [0.29, 0.717) is 47.5 Å². The second kappa shape index (κ2) is 14.5. The zero-order valence-electron chi connectivity index (χ0n) is 28.9. The number of amides is 3. The van der Waals surface area contributed by atoms with Crippen LogP contribution in [-0.4, -0.2) is 116 Å². The lowest BCUT2D eigenvalue weighted by atomic mass is 9.92. The van der Waals surface area contributed by atoms with Crippen molar-refractivity contribution in [2.75, 3.05) is 87.7 Å². The lowest BCUT2D eigenvalue weighted by Crippen LogP contribution is -2.52. The predicted molar refractivity (Wildman–Crippen MR) is 187 cm³/mol. The summed E-state index contributed by atoms with van der Waals surface area (Å²) in [5.41, 5.74) is 1.09. The molecule has 4 aliphatic rings. The molecule has 1 aromatic carbocycles. The van der Waals surface area contributed by atoms with Crippen LogP contribution in [-0.2, 0) is 20.6 Å². The van der Waals surface area contributed by atoms with Gasteiger partial charge in [0.25, 0.3) is 5.91 Å². The van der Waals surface area contributed by atoms with E-state index in [1.165, 1.54) is 11.8 Å². The van der Waals surface area contributed by atoms with E-state index >= 15 is 0 Å². The first-order chi connectivity index (χ1) is 23.7. The lowest BCUT2D eigenvalue weighted by Gasteiger charge is -2.41. The summed E-state index contributed by atoms with van der Waals surface area (Å²) in [6.45, 7) is 12.4. The summed E-state index contributed by atoms with van der Waals surface area (Å²) < 4.78 is 41.2. The Morgan fingerprint density at radius 2 is 1.76 bits per heavy atom. The first-order valence-corrected chi connectivity index (χ1v) is 17.7. The molecule has 1 aromatic heterocycles. The third-order valence-corrected chi connectivity index (χ3v) is 10.8. The van der Waals surface area contributed by atoms with Crippen molar-refractivity contribution < 1.29 is 27.6 Å². The number of hydrogen-bond acceptors (Lipinski definition) is 7. The summed E-state index contributed by atoms with van der Waals surface area (Å²) in [5, 5.41) is 0.474. The Labute approximate surface area is 296 Å². The molecule has 2 atom stereocenters. The van der Waals surface area contributed by atoms with Crippen LogP contribution in [0.4, 0.5) is 30.4 Å². The minimum absolute atomic E-state index is 0.0104. The number of nitrogens with zero attached hydrogens (tertiary/aromatic N) is 7. The number of hydrogen-bond donors (Lipinski definition) is 0. The van der Waals surface area contributed by atoms with Gasteiger partial charge in [-0.25, -0.2) is 4.98 Å². The van der Waals surface area contributed by atoms with Gasteiger partial charge in [0.05, 0.1) is 22.0 Å². The summed E-state index contributed by atoms with van der Waals surface area (Å²) in [6.07, 6.45) is -1.97. The highest BCUT2D eigenvalue weighted by atomic mass is 35.5. The molecule has 10 nitrogen and oxygen atoms in total. The number of para-hydroxylation sites is 1. The monoisotopic (exact) mass is 715 g/mol. The van der Waals surface area contributed by atoms with Gasteiger partial charge in [0.2, 0.25) is 11.8 Å². The highest BCUT2D eigenvalue weighted by molar-refractivity contribution is 6.34. The summed E-state index contributed by atoms with van der Waals surface area (Å²) in [7, 11) is 3.71. The van der Waals surface area contributed by atoms with Crippen LogP contribution in [0.5, 0.6) is 0 Å². The van der Waals surface area contributed by atoms with Crippen molar-refractivity contribution in [2.45, 2.75) is 44.8 Å². The number of anilines is 3. The van der Waals surface area contributed by atoms with Gasteiger partial charge in [0, 0.05) is 89.6 Å². The maximum Gasteiger partial charge on any atom is 0.416 e. The van der Waals surface area contributed by atoms with Gasteiger partial charge in [-0.3, -0.25) is 24.2 Å². The third-order valence-electron chi connectivity index (χ3n) is 10.5. The molecule has 0 unspecified atom stereocenters. The van der Waals surface area contributed by atoms with Crippen LogP contribution in [0, 0.1) is 18.8 Å². The van der Waals surface area contributed by atoms with Crippen molar-refractivity contribution in [3.8, 4) is 0 Å². The molecule has 0 spiro atoms. The topological polar surface area (TPSA) is 83.5 Å². The Bertz CT molecular complexity index is 1640. The largest absolute Gasteiger partial charge is 0.416 e. The molecule has 0 radical (unpaired) electrons. The minimum Gasteiger partial charge on any atom is -0.368 e. The Morgan fingerprint density at radius 3 is 2.46 bits per heavy atom. The smallest absolute Gasteiger partial charge is 0.368 e. The van der Waals surface area contributed by atoms with Crippen LogP contribution < -0.4 is 14.7 Å². The third kappa shape index (κ3) is 7.50. The number of pyridine rings is 1. The molecule has 0 aliphatic carbocycles. The highest BCUT2D eigenvalue weighted by Crippen LogP contribution is 2.43. The molecule has 0 saturated carbocycles. The minimum atomic E-state index is -4.63. The van der Waals surface area contributed by atoms with E-state index in [4.69, 9.17) is 11.6 Å². The average Bonchev–Trinajstić information content (AvgIpc) is 3.36. The number of aryl methyl sites for hydroxylation is 1. The zero-order valence-corrected chi connectivity index (χ0v) is 29.6. The molecule has 14 heteroatoms. The molecule has 5 heterocycles. The fraction of sp³-hybridized carbons (Fsp3) is 0.556. The number of halogens is 4. The standard InChI is InChI=1S/C36H45ClF3N7O3/c1-23(19-44-14-12-42(3)13-15-44)34(49)46-20-25(21-46)8-5-6-11-45-22-26-17-31(48)47(30-18-27(36(38,39)40)16-24(2)41-30)32(26)35(50)43(4)29-10-7-9-28(37)33(29)45/h7,9-10,16,18,25-26,32H,1,5-6,8,11-15,17,19-22H2,2-4H3/t26-,32+/m1/s1. The Balaban J connectivity index is 1.10. The van der Waals surface area contributed by atoms with Gasteiger partial charge in [0.15, 0.2) is 0 Å². The Morgan fingerprint density at radius 1 is 1.04 bits per heavy atom. The van der Waals surface area contributed by atoms with E-state index in [-0.39, 0.29) is 23.8 Å². The van der Waals surface area contributed by atoms with E-state index < -0.39 is 35.5 Å². The number of carbonyl (C=O) groups is 3. The molecule has 3 saturated heterocycles. The number of likely N-dealkylation sites (N-methyl/N-ethyl adjacent to an activating group) is 2. The number of carbonyl (C=O) groups excluding carboxylic acids is 3. The quantitative estimate of drug-likeness (QED) is 0.275. The summed E-state index contributed by atoms with van der Waals surface area (Å²) in [4.78, 5) is 55.9. The van der Waals surface area contributed by atoms with Crippen LogP contribution in [0.3, 0.4) is 0 Å². The maximum atomic E-state index is 14.0. The fourth-order valence-electron chi connectivity index (χ4n) is 7.69. The van der Waals surface area contributed by atoms with Gasteiger partial charge < -0.3 is 19.6 Å². The Hall–Kier alpha value is -3.68. The first kappa shape index (κ1) is 36.1. The van der Waals surface area contributed by atoms with E-state index in [9.17, 15) is 27.6 Å². The molecule has 0 N–H and O–H groups in total. The van der Waals surface area contributed by atoms with Crippen molar-refractivity contribution in [3.63, 3.8) is 0 Å². The number of aromatic nitrogens is 1. The number of likely N-dealkylation sites (tertiary alicyclic amines) is 1. The van der Waals surface area contributed by atoms with E-state index in [1.54, 1.807) is 25.2 Å². The fourth-order valence-corrected chi connectivity index (χ4v) is 7.98. The number of rotatable bonds is 9. The summed E-state index contributed by atoms with van der Waals surface area (Å²) >= 11 is 6.76. The van der Waals surface area contributed by atoms with Gasteiger partial charge >= 0.3 is 6.18 Å².